The van der Waals surface area contributed by atoms with Crippen LogP contribution in [0.1, 0.15) is 11.1 Å². The van der Waals surface area contributed by atoms with Crippen LogP contribution < -0.4 is 4.90 Å². The molecule has 0 atom stereocenters. The van der Waals surface area contributed by atoms with Gasteiger partial charge in [0.2, 0.25) is 0 Å². The normalized spacial score (nSPS) is 15.1. The summed E-state index contributed by atoms with van der Waals surface area (Å²) in [6.45, 7) is 8.84. The van der Waals surface area contributed by atoms with E-state index in [0.29, 0.717) is 24.3 Å². The second-order valence-electron chi connectivity index (χ2n) is 6.51. The molecular formula is C22H20F3N3O. The highest BCUT2D eigenvalue weighted by Crippen LogP contribution is 2.34. The van der Waals surface area contributed by atoms with Gasteiger partial charge in [0.1, 0.15) is 5.71 Å². The number of fused-ring (bicyclic) bond motifs is 1. The maximum absolute atomic E-state index is 13.1. The summed E-state index contributed by atoms with van der Waals surface area (Å²) in [5.41, 5.74) is 0.650. The fraction of sp³-hybridized carbons (Fsp3) is 0.182. The van der Waals surface area contributed by atoms with Gasteiger partial charge in [-0.1, -0.05) is 36.4 Å². The van der Waals surface area contributed by atoms with E-state index in [0.717, 1.165) is 12.1 Å². The predicted molar refractivity (Wildman–Crippen MR) is 108 cm³/mol. The zero-order chi connectivity index (χ0) is 21.0. The number of aliphatic imine (C=N–C) groups is 1. The Hall–Kier alpha value is -3.19. The van der Waals surface area contributed by atoms with Crippen molar-refractivity contribution in [3.05, 3.63) is 85.0 Å². The molecule has 0 spiro atoms. The van der Waals surface area contributed by atoms with Crippen LogP contribution >= 0.6 is 0 Å². The van der Waals surface area contributed by atoms with Gasteiger partial charge in [-0.25, -0.2) is 4.99 Å². The van der Waals surface area contributed by atoms with E-state index in [1.54, 1.807) is 41.3 Å². The highest BCUT2D eigenvalue weighted by Gasteiger charge is 2.35. The van der Waals surface area contributed by atoms with Gasteiger partial charge in [0.25, 0.3) is 5.91 Å². The summed E-state index contributed by atoms with van der Waals surface area (Å²) >= 11 is 0. The minimum atomic E-state index is -4.48. The topological polar surface area (TPSA) is 35.9 Å². The monoisotopic (exact) mass is 399 g/mol. The lowest BCUT2D eigenvalue weighted by molar-refractivity contribution is -0.137. The molecule has 150 valence electrons. The number of carbonyl (C=O) groups excluding carboxylic acids is 1. The number of anilines is 1. The molecule has 0 aromatic heterocycles. The Balaban J connectivity index is 1.99. The molecule has 1 aliphatic heterocycles. The number of halogens is 3. The summed E-state index contributed by atoms with van der Waals surface area (Å²) in [5, 5.41) is 0. The van der Waals surface area contributed by atoms with Gasteiger partial charge in [-0.2, -0.15) is 13.2 Å². The third kappa shape index (κ3) is 4.46. The van der Waals surface area contributed by atoms with Gasteiger partial charge >= 0.3 is 6.18 Å². The van der Waals surface area contributed by atoms with Crippen LogP contribution in [0.2, 0.25) is 0 Å². The Bertz CT molecular complexity index is 956. The van der Waals surface area contributed by atoms with E-state index in [-0.39, 0.29) is 24.0 Å². The Kier molecular flexibility index (Phi) is 5.98. The smallest absolute Gasteiger partial charge is 0.293 e. The van der Waals surface area contributed by atoms with Crippen molar-refractivity contribution in [1.29, 1.82) is 0 Å². The zero-order valence-corrected chi connectivity index (χ0v) is 15.7. The maximum Gasteiger partial charge on any atom is 0.416 e. The summed E-state index contributed by atoms with van der Waals surface area (Å²) in [4.78, 5) is 20.9. The first-order chi connectivity index (χ1) is 13.8. The Morgan fingerprint density at radius 2 is 1.72 bits per heavy atom. The van der Waals surface area contributed by atoms with Crippen molar-refractivity contribution < 1.29 is 18.0 Å². The fourth-order valence-electron chi connectivity index (χ4n) is 3.15. The number of carbonyl (C=O) groups is 1. The number of rotatable bonds is 7. The molecule has 1 amide bonds. The van der Waals surface area contributed by atoms with Gasteiger partial charge in [-0.15, -0.1) is 13.2 Å². The molecular weight excluding hydrogens is 379 g/mol. The van der Waals surface area contributed by atoms with E-state index in [9.17, 15) is 18.0 Å². The Morgan fingerprint density at radius 1 is 1.03 bits per heavy atom. The summed E-state index contributed by atoms with van der Waals surface area (Å²) in [6, 6.07) is 11.7. The first-order valence-corrected chi connectivity index (χ1v) is 8.96. The predicted octanol–water partition coefficient (Wildman–Crippen LogP) is 4.80. The van der Waals surface area contributed by atoms with Crippen LogP contribution in [-0.2, 0) is 11.0 Å². The lowest BCUT2D eigenvalue weighted by Gasteiger charge is -2.26. The molecule has 29 heavy (non-hydrogen) atoms. The molecule has 0 fully saturated rings. The third-order valence-electron chi connectivity index (χ3n) is 4.43. The van der Waals surface area contributed by atoms with E-state index in [4.69, 9.17) is 0 Å². The molecule has 0 saturated carbocycles. The molecule has 7 heteroatoms. The lowest BCUT2D eigenvalue weighted by Crippen LogP contribution is -2.41. The molecule has 2 aromatic carbocycles. The van der Waals surface area contributed by atoms with Crippen LogP contribution in [0.3, 0.4) is 0 Å². The van der Waals surface area contributed by atoms with Crippen molar-refractivity contribution in [2.45, 2.75) is 6.18 Å². The van der Waals surface area contributed by atoms with Crippen LogP contribution in [0.25, 0.3) is 0 Å². The zero-order valence-electron chi connectivity index (χ0n) is 15.7. The van der Waals surface area contributed by atoms with Crippen molar-refractivity contribution in [2.24, 2.45) is 4.99 Å². The highest BCUT2D eigenvalue weighted by molar-refractivity contribution is 6.54. The molecule has 1 heterocycles. The second-order valence-corrected chi connectivity index (χ2v) is 6.51. The minimum Gasteiger partial charge on any atom is -0.293 e. The molecule has 0 unspecified atom stereocenters. The van der Waals surface area contributed by atoms with Crippen molar-refractivity contribution in [2.75, 3.05) is 24.7 Å². The molecule has 2 aromatic rings. The van der Waals surface area contributed by atoms with Gasteiger partial charge in [0.05, 0.1) is 23.6 Å². The highest BCUT2D eigenvalue weighted by atomic mass is 19.4. The quantitative estimate of drug-likeness (QED) is 0.627. The number of benzene rings is 2. The summed E-state index contributed by atoms with van der Waals surface area (Å²) in [6.07, 6.45) is -1.02. The second kappa shape index (κ2) is 8.45. The summed E-state index contributed by atoms with van der Waals surface area (Å²) in [7, 11) is 0. The van der Waals surface area contributed by atoms with E-state index in [1.165, 1.54) is 12.1 Å². The molecule has 4 nitrogen and oxygen atoms in total. The molecule has 0 N–H and O–H groups in total. The fourth-order valence-corrected chi connectivity index (χ4v) is 3.15. The minimum absolute atomic E-state index is 0.0777. The summed E-state index contributed by atoms with van der Waals surface area (Å²) in [5.74, 6) is -0.360. The lowest BCUT2D eigenvalue weighted by atomic mass is 10.1. The Morgan fingerprint density at radius 3 is 2.38 bits per heavy atom. The van der Waals surface area contributed by atoms with Crippen molar-refractivity contribution in [1.82, 2.24) is 4.90 Å². The molecule has 0 saturated heterocycles. The SMILES string of the molecule is C=CCN(CC=C)CN1C(=O)C(=Nc2cccc(C(F)(F)F)c2)c2ccccc21. The first-order valence-electron chi connectivity index (χ1n) is 8.96. The Labute approximate surface area is 167 Å². The molecule has 0 bridgehead atoms. The van der Waals surface area contributed by atoms with Crippen LogP contribution in [0.4, 0.5) is 24.5 Å². The van der Waals surface area contributed by atoms with Gasteiger partial charge in [0, 0.05) is 18.7 Å². The number of hydrogen-bond acceptors (Lipinski definition) is 3. The molecule has 0 radical (unpaired) electrons. The largest absolute Gasteiger partial charge is 0.416 e. The van der Waals surface area contributed by atoms with Crippen LogP contribution in [0.5, 0.6) is 0 Å². The van der Waals surface area contributed by atoms with Gasteiger partial charge < -0.3 is 0 Å². The number of alkyl halides is 3. The van der Waals surface area contributed by atoms with Crippen LogP contribution in [0.15, 0.2) is 78.8 Å². The molecule has 1 aliphatic rings. The van der Waals surface area contributed by atoms with Gasteiger partial charge in [0.15, 0.2) is 0 Å². The average Bonchev–Trinajstić information content (AvgIpc) is 2.94. The van der Waals surface area contributed by atoms with E-state index < -0.39 is 11.7 Å². The maximum atomic E-state index is 13.1. The van der Waals surface area contributed by atoms with E-state index in [2.05, 4.69) is 18.2 Å². The number of nitrogens with zero attached hydrogens (tertiary/aromatic N) is 3. The number of amides is 1. The third-order valence-corrected chi connectivity index (χ3v) is 4.43. The molecule has 3 rings (SSSR count). The van der Waals surface area contributed by atoms with Gasteiger partial charge in [-0.3, -0.25) is 14.6 Å². The van der Waals surface area contributed by atoms with Crippen LogP contribution in [0, 0.1) is 0 Å². The van der Waals surface area contributed by atoms with Crippen molar-refractivity contribution >= 4 is 23.0 Å². The average molecular weight is 399 g/mol. The first kappa shape index (κ1) is 20.5. The summed E-state index contributed by atoms with van der Waals surface area (Å²) < 4.78 is 39.0. The number of hydrogen-bond donors (Lipinski definition) is 0. The molecule has 0 aliphatic carbocycles. The number of para-hydroxylation sites is 1. The van der Waals surface area contributed by atoms with Crippen LogP contribution in [-0.4, -0.2) is 36.3 Å². The van der Waals surface area contributed by atoms with Crippen molar-refractivity contribution in [3.63, 3.8) is 0 Å². The van der Waals surface area contributed by atoms with E-state index in [1.807, 2.05) is 4.90 Å². The van der Waals surface area contributed by atoms with Gasteiger partial charge in [-0.05, 0) is 24.3 Å². The van der Waals surface area contributed by atoms with E-state index >= 15 is 0 Å². The standard InChI is InChI=1S/C22H20F3N3O/c1-3-12-27(13-4-2)15-28-19-11-6-5-10-18(19)20(21(28)29)26-17-9-7-8-16(14-17)22(23,24)25/h3-11,14H,1-2,12-13,15H2. The van der Waals surface area contributed by atoms with Crippen molar-refractivity contribution in [3.8, 4) is 0 Å².